The highest BCUT2D eigenvalue weighted by Gasteiger charge is 2.15. The first-order chi connectivity index (χ1) is 17.7. The standard InChI is InChI=1S/C29H25N3O4/c33-28-24-11-1-3-13-26(24)35-18-22-9-6-10-23(32-22)19-36-27-14-4-2-12-25(27)29(34)31-17-21-8-5-7-20(15-21)16-30-28/h1-15H,16-19H2,(H,30,33)(H,31,34). The number of ether oxygens (including phenoxy) is 2. The van der Waals surface area contributed by atoms with Crippen LogP contribution in [0.1, 0.15) is 43.2 Å². The second kappa shape index (κ2) is 10.7. The summed E-state index contributed by atoms with van der Waals surface area (Å²) in [6.45, 7) is 1.07. The molecular weight excluding hydrogens is 454 g/mol. The summed E-state index contributed by atoms with van der Waals surface area (Å²) in [6, 6.07) is 27.6. The Kier molecular flexibility index (Phi) is 6.89. The number of carbonyl (C=O) groups is 2. The number of benzene rings is 3. The lowest BCUT2D eigenvalue weighted by molar-refractivity contribution is 0.0938. The monoisotopic (exact) mass is 479 g/mol. The van der Waals surface area contributed by atoms with Gasteiger partial charge in [-0.15, -0.1) is 0 Å². The van der Waals surface area contributed by atoms with Crippen LogP contribution in [0.3, 0.4) is 0 Å². The van der Waals surface area contributed by atoms with Crippen molar-refractivity contribution >= 4 is 11.8 Å². The molecule has 7 nitrogen and oxygen atoms in total. The number of para-hydroxylation sites is 2. The lowest BCUT2D eigenvalue weighted by Crippen LogP contribution is -2.25. The van der Waals surface area contributed by atoms with Crippen LogP contribution >= 0.6 is 0 Å². The van der Waals surface area contributed by atoms with Crippen molar-refractivity contribution in [3.8, 4) is 11.5 Å². The molecule has 0 unspecified atom stereocenters. The number of rotatable bonds is 0. The Morgan fingerprint density at radius 2 is 1.06 bits per heavy atom. The molecule has 180 valence electrons. The fraction of sp³-hybridized carbons (Fsp3) is 0.138. The van der Waals surface area contributed by atoms with E-state index in [-0.39, 0.29) is 25.0 Å². The smallest absolute Gasteiger partial charge is 0.255 e. The molecule has 3 aromatic carbocycles. The predicted molar refractivity (Wildman–Crippen MR) is 135 cm³/mol. The van der Waals surface area contributed by atoms with Gasteiger partial charge in [-0.2, -0.15) is 0 Å². The van der Waals surface area contributed by atoms with Crippen LogP contribution in [0, 0.1) is 0 Å². The molecule has 36 heavy (non-hydrogen) atoms. The van der Waals surface area contributed by atoms with Gasteiger partial charge in [0, 0.05) is 13.1 Å². The lowest BCUT2D eigenvalue weighted by Gasteiger charge is -2.14. The molecule has 1 aromatic heterocycles. The van der Waals surface area contributed by atoms with E-state index >= 15 is 0 Å². The molecule has 0 fully saturated rings. The maximum absolute atomic E-state index is 12.9. The minimum Gasteiger partial charge on any atom is -0.486 e. The summed E-state index contributed by atoms with van der Waals surface area (Å²) in [5, 5.41) is 5.92. The third-order valence-corrected chi connectivity index (χ3v) is 5.78. The largest absolute Gasteiger partial charge is 0.486 e. The molecule has 2 N–H and O–H groups in total. The summed E-state index contributed by atoms with van der Waals surface area (Å²) < 4.78 is 12.0. The van der Waals surface area contributed by atoms with Crippen LogP contribution in [-0.2, 0) is 26.3 Å². The van der Waals surface area contributed by atoms with Gasteiger partial charge in [-0.1, -0.05) is 54.6 Å². The quantitative estimate of drug-likeness (QED) is 0.390. The number of nitrogens with zero attached hydrogens (tertiary/aromatic N) is 1. The van der Waals surface area contributed by atoms with Gasteiger partial charge in [0.25, 0.3) is 11.8 Å². The number of aromatic nitrogens is 1. The summed E-state index contributed by atoms with van der Waals surface area (Å²) in [6.07, 6.45) is 0. The summed E-state index contributed by atoms with van der Waals surface area (Å²) >= 11 is 0. The van der Waals surface area contributed by atoms with Crippen LogP contribution in [0.2, 0.25) is 0 Å². The van der Waals surface area contributed by atoms with E-state index < -0.39 is 0 Å². The molecule has 0 saturated heterocycles. The molecule has 1 aliphatic heterocycles. The molecule has 7 heteroatoms. The SMILES string of the molecule is O=C1NCc2cccc(c2)CNC(=O)c2ccccc2OCc2cccc(n2)COc2ccccc21. The van der Waals surface area contributed by atoms with Gasteiger partial charge >= 0.3 is 0 Å². The number of nitrogens with one attached hydrogen (secondary N) is 2. The second-order valence-corrected chi connectivity index (χ2v) is 8.38. The van der Waals surface area contributed by atoms with E-state index in [1.54, 1.807) is 36.4 Å². The summed E-state index contributed by atoms with van der Waals surface area (Å²) in [5.41, 5.74) is 4.14. The number of hydrogen-bond acceptors (Lipinski definition) is 5. The van der Waals surface area contributed by atoms with Crippen molar-refractivity contribution in [3.63, 3.8) is 0 Å². The number of amides is 2. The van der Waals surface area contributed by atoms with Crippen molar-refractivity contribution in [2.75, 3.05) is 0 Å². The van der Waals surface area contributed by atoms with Crippen molar-refractivity contribution in [1.29, 1.82) is 0 Å². The van der Waals surface area contributed by atoms with Crippen molar-refractivity contribution in [3.05, 3.63) is 125 Å². The van der Waals surface area contributed by atoms with Crippen LogP contribution in [0.25, 0.3) is 0 Å². The maximum atomic E-state index is 12.9. The molecule has 4 aromatic rings. The molecule has 0 spiro atoms. The molecule has 1 aliphatic rings. The van der Waals surface area contributed by atoms with Gasteiger partial charge in [-0.05, 0) is 47.5 Å². The average Bonchev–Trinajstić information content (AvgIpc) is 2.93. The first-order valence-corrected chi connectivity index (χ1v) is 11.7. The van der Waals surface area contributed by atoms with E-state index in [1.165, 1.54) is 0 Å². The first kappa shape index (κ1) is 23.1. The van der Waals surface area contributed by atoms with E-state index in [4.69, 9.17) is 9.47 Å². The molecule has 0 atom stereocenters. The summed E-state index contributed by atoms with van der Waals surface area (Å²) in [4.78, 5) is 30.5. The Hall–Kier alpha value is -4.65. The third-order valence-electron chi connectivity index (χ3n) is 5.78. The zero-order valence-corrected chi connectivity index (χ0v) is 19.6. The van der Waals surface area contributed by atoms with Crippen LogP contribution < -0.4 is 20.1 Å². The highest BCUT2D eigenvalue weighted by atomic mass is 16.5. The molecule has 4 bridgehead atoms. The molecule has 2 heterocycles. The van der Waals surface area contributed by atoms with Gasteiger partial charge in [-0.3, -0.25) is 14.6 Å². The highest BCUT2D eigenvalue weighted by molar-refractivity contribution is 5.97. The van der Waals surface area contributed by atoms with Gasteiger partial charge in [0.05, 0.1) is 22.5 Å². The van der Waals surface area contributed by atoms with Gasteiger partial charge in [0.2, 0.25) is 0 Å². The van der Waals surface area contributed by atoms with Gasteiger partial charge < -0.3 is 20.1 Å². The zero-order valence-electron chi connectivity index (χ0n) is 19.6. The third kappa shape index (κ3) is 5.52. The molecule has 0 aliphatic carbocycles. The molecule has 5 rings (SSSR count). The number of fused-ring (bicyclic) bond motifs is 6. The van der Waals surface area contributed by atoms with Crippen LogP contribution in [0.4, 0.5) is 0 Å². The Bertz CT molecular complexity index is 1300. The number of hydrogen-bond donors (Lipinski definition) is 2. The predicted octanol–water partition coefficient (Wildman–Crippen LogP) is 4.41. The number of pyridine rings is 1. The molecule has 0 radical (unpaired) electrons. The fourth-order valence-electron chi connectivity index (χ4n) is 3.96. The van der Waals surface area contributed by atoms with E-state index in [0.29, 0.717) is 47.1 Å². The van der Waals surface area contributed by atoms with E-state index in [9.17, 15) is 9.59 Å². The highest BCUT2D eigenvalue weighted by Crippen LogP contribution is 2.21. The fourth-order valence-corrected chi connectivity index (χ4v) is 3.96. The lowest BCUT2D eigenvalue weighted by atomic mass is 10.1. The Morgan fingerprint density at radius 3 is 1.58 bits per heavy atom. The topological polar surface area (TPSA) is 89.6 Å². The van der Waals surface area contributed by atoms with Crippen LogP contribution in [0.15, 0.2) is 91.0 Å². The Morgan fingerprint density at radius 1 is 0.583 bits per heavy atom. The van der Waals surface area contributed by atoms with Crippen molar-refractivity contribution in [2.24, 2.45) is 0 Å². The Labute approximate surface area is 209 Å². The van der Waals surface area contributed by atoms with E-state index in [2.05, 4.69) is 15.6 Å². The second-order valence-electron chi connectivity index (χ2n) is 8.38. The van der Waals surface area contributed by atoms with Crippen LogP contribution in [0.5, 0.6) is 11.5 Å². The van der Waals surface area contributed by atoms with Gasteiger partial charge in [0.15, 0.2) is 0 Å². The summed E-state index contributed by atoms with van der Waals surface area (Å²) in [7, 11) is 0. The van der Waals surface area contributed by atoms with Gasteiger partial charge in [-0.25, -0.2) is 0 Å². The van der Waals surface area contributed by atoms with E-state index in [1.807, 2.05) is 54.6 Å². The first-order valence-electron chi connectivity index (χ1n) is 11.7. The zero-order chi connectivity index (χ0) is 24.7. The molecule has 0 saturated carbocycles. The normalized spacial score (nSPS) is 14.1. The van der Waals surface area contributed by atoms with Crippen molar-refractivity contribution < 1.29 is 19.1 Å². The summed E-state index contributed by atoms with van der Waals surface area (Å²) in [5.74, 6) is 0.507. The van der Waals surface area contributed by atoms with Crippen molar-refractivity contribution in [1.82, 2.24) is 15.6 Å². The number of carbonyl (C=O) groups excluding carboxylic acids is 2. The van der Waals surface area contributed by atoms with Crippen molar-refractivity contribution in [2.45, 2.75) is 26.3 Å². The minimum absolute atomic E-state index is 0.194. The maximum Gasteiger partial charge on any atom is 0.255 e. The van der Waals surface area contributed by atoms with E-state index in [0.717, 1.165) is 11.1 Å². The molecular formula is C29H25N3O4. The van der Waals surface area contributed by atoms with Gasteiger partial charge in [0.1, 0.15) is 24.7 Å². The van der Waals surface area contributed by atoms with Crippen LogP contribution in [-0.4, -0.2) is 16.8 Å². The minimum atomic E-state index is -0.231. The molecule has 2 amide bonds. The average molecular weight is 480 g/mol. The Balaban J connectivity index is 1.45.